The molecule has 0 aliphatic carbocycles. The number of amides is 1. The predicted molar refractivity (Wildman–Crippen MR) is 104 cm³/mol. The Morgan fingerprint density at radius 1 is 1.46 bits per heavy atom. The lowest BCUT2D eigenvalue weighted by atomic mass is 10.1. The standard InChI is InChI=1S/C18H28ClN5O2/c1-21-18(23-15-6-8-24(9-7-15)12-17(20)25)22-11-16(26-2)13-4-3-5-14(19)10-13/h3-5,10,15-16H,6-9,11-12H2,1-2H3,(H2,20,25)(H2,21,22,23). The second-order valence-corrected chi connectivity index (χ2v) is 6.83. The first kappa shape index (κ1) is 20.5. The molecule has 1 amide bonds. The van der Waals surface area contributed by atoms with Gasteiger partial charge in [-0.15, -0.1) is 0 Å². The molecule has 1 atom stereocenters. The van der Waals surface area contributed by atoms with Gasteiger partial charge < -0.3 is 21.1 Å². The third kappa shape index (κ3) is 6.48. The number of carbonyl (C=O) groups excluding carboxylic acids is 1. The van der Waals surface area contributed by atoms with Crippen molar-refractivity contribution in [2.45, 2.75) is 25.0 Å². The van der Waals surface area contributed by atoms with Gasteiger partial charge in [-0.1, -0.05) is 23.7 Å². The van der Waals surface area contributed by atoms with E-state index in [0.717, 1.165) is 37.5 Å². The highest BCUT2D eigenvalue weighted by Crippen LogP contribution is 2.19. The van der Waals surface area contributed by atoms with Crippen molar-refractivity contribution in [1.82, 2.24) is 15.5 Å². The van der Waals surface area contributed by atoms with Crippen molar-refractivity contribution in [2.75, 3.05) is 40.3 Å². The molecule has 1 heterocycles. The van der Waals surface area contributed by atoms with Gasteiger partial charge in [0.1, 0.15) is 0 Å². The largest absolute Gasteiger partial charge is 0.375 e. The topological polar surface area (TPSA) is 92.0 Å². The maximum absolute atomic E-state index is 11.0. The van der Waals surface area contributed by atoms with E-state index in [2.05, 4.69) is 20.5 Å². The molecule has 0 bridgehead atoms. The van der Waals surface area contributed by atoms with Crippen molar-refractivity contribution in [1.29, 1.82) is 0 Å². The van der Waals surface area contributed by atoms with Crippen molar-refractivity contribution in [3.8, 4) is 0 Å². The maximum atomic E-state index is 11.0. The van der Waals surface area contributed by atoms with E-state index in [1.165, 1.54) is 0 Å². The number of nitrogens with two attached hydrogens (primary N) is 1. The third-order valence-corrected chi connectivity index (χ3v) is 4.73. The molecule has 4 N–H and O–H groups in total. The van der Waals surface area contributed by atoms with Crippen molar-refractivity contribution < 1.29 is 9.53 Å². The number of rotatable bonds is 7. The minimum atomic E-state index is -0.277. The van der Waals surface area contributed by atoms with Crippen LogP contribution in [-0.4, -0.2) is 63.1 Å². The summed E-state index contributed by atoms with van der Waals surface area (Å²) >= 11 is 6.06. The molecule has 1 aromatic rings. The van der Waals surface area contributed by atoms with Gasteiger partial charge in [0.15, 0.2) is 5.96 Å². The number of nitrogens with zero attached hydrogens (tertiary/aromatic N) is 2. The van der Waals surface area contributed by atoms with Crippen LogP contribution in [0.4, 0.5) is 0 Å². The number of primary amides is 1. The summed E-state index contributed by atoms with van der Waals surface area (Å²) in [5, 5.41) is 7.44. The number of carbonyl (C=O) groups is 1. The molecule has 7 nitrogen and oxygen atoms in total. The summed E-state index contributed by atoms with van der Waals surface area (Å²) in [6.07, 6.45) is 1.76. The second kappa shape index (κ2) is 10.4. The molecule has 2 rings (SSSR count). The first-order valence-corrected chi connectivity index (χ1v) is 9.15. The average molecular weight is 382 g/mol. The summed E-state index contributed by atoms with van der Waals surface area (Å²) in [4.78, 5) is 17.4. The zero-order chi connectivity index (χ0) is 18.9. The fraction of sp³-hybridized carbons (Fsp3) is 0.556. The third-order valence-electron chi connectivity index (χ3n) is 4.49. The van der Waals surface area contributed by atoms with Crippen LogP contribution in [0.2, 0.25) is 5.02 Å². The minimum Gasteiger partial charge on any atom is -0.375 e. The Morgan fingerprint density at radius 3 is 2.77 bits per heavy atom. The molecule has 0 saturated carbocycles. The van der Waals surface area contributed by atoms with E-state index < -0.39 is 0 Å². The first-order chi connectivity index (χ1) is 12.5. The predicted octanol–water partition coefficient (Wildman–Crippen LogP) is 1.14. The van der Waals surface area contributed by atoms with Crippen LogP contribution in [0, 0.1) is 0 Å². The number of hydrogen-bond acceptors (Lipinski definition) is 4. The Morgan fingerprint density at radius 2 is 2.19 bits per heavy atom. The summed E-state index contributed by atoms with van der Waals surface area (Å²) < 4.78 is 5.57. The lowest BCUT2D eigenvalue weighted by Gasteiger charge is -2.32. The summed E-state index contributed by atoms with van der Waals surface area (Å²) in [6, 6.07) is 7.97. The van der Waals surface area contributed by atoms with Gasteiger partial charge in [0.05, 0.1) is 12.6 Å². The number of guanidine groups is 1. The van der Waals surface area contributed by atoms with E-state index >= 15 is 0 Å². The van der Waals surface area contributed by atoms with Gasteiger partial charge in [-0.2, -0.15) is 0 Å². The number of ether oxygens (including phenoxy) is 1. The van der Waals surface area contributed by atoms with Crippen LogP contribution in [0.5, 0.6) is 0 Å². The van der Waals surface area contributed by atoms with Crippen molar-refractivity contribution in [2.24, 2.45) is 10.7 Å². The molecule has 0 aromatic heterocycles. The molecular weight excluding hydrogens is 354 g/mol. The molecular formula is C18H28ClN5O2. The smallest absolute Gasteiger partial charge is 0.231 e. The van der Waals surface area contributed by atoms with Gasteiger partial charge in [0.2, 0.25) is 5.91 Å². The maximum Gasteiger partial charge on any atom is 0.231 e. The van der Waals surface area contributed by atoms with Crippen LogP contribution in [0.15, 0.2) is 29.3 Å². The van der Waals surface area contributed by atoms with E-state index in [0.29, 0.717) is 24.2 Å². The van der Waals surface area contributed by atoms with E-state index in [4.69, 9.17) is 22.1 Å². The average Bonchev–Trinajstić information content (AvgIpc) is 2.62. The summed E-state index contributed by atoms with van der Waals surface area (Å²) in [7, 11) is 3.43. The van der Waals surface area contributed by atoms with E-state index in [9.17, 15) is 4.79 Å². The number of aliphatic imine (C=N–C) groups is 1. The Bertz CT molecular complexity index is 617. The summed E-state index contributed by atoms with van der Waals surface area (Å²) in [6.45, 7) is 2.60. The van der Waals surface area contributed by atoms with Crippen LogP contribution >= 0.6 is 11.6 Å². The normalized spacial score (nSPS) is 17.7. The number of hydrogen-bond donors (Lipinski definition) is 3. The van der Waals surface area contributed by atoms with E-state index in [-0.39, 0.29) is 12.0 Å². The van der Waals surface area contributed by atoms with E-state index in [1.807, 2.05) is 24.3 Å². The molecule has 0 spiro atoms. The fourth-order valence-corrected chi connectivity index (χ4v) is 3.28. The zero-order valence-electron chi connectivity index (χ0n) is 15.4. The SMILES string of the molecule is CN=C(NCC(OC)c1cccc(Cl)c1)NC1CCN(CC(N)=O)CC1. The van der Waals surface area contributed by atoms with Crippen LogP contribution in [0.1, 0.15) is 24.5 Å². The van der Waals surface area contributed by atoms with Crippen LogP contribution < -0.4 is 16.4 Å². The van der Waals surface area contributed by atoms with Gasteiger partial charge in [-0.05, 0) is 30.5 Å². The molecule has 1 fully saturated rings. The highest BCUT2D eigenvalue weighted by Gasteiger charge is 2.21. The van der Waals surface area contributed by atoms with E-state index in [1.54, 1.807) is 14.2 Å². The Kier molecular flexibility index (Phi) is 8.15. The van der Waals surface area contributed by atoms with Crippen molar-refractivity contribution in [3.63, 3.8) is 0 Å². The quantitative estimate of drug-likeness (QED) is 0.486. The first-order valence-electron chi connectivity index (χ1n) is 8.78. The molecule has 1 saturated heterocycles. The van der Waals surface area contributed by atoms with Gasteiger partial charge >= 0.3 is 0 Å². The van der Waals surface area contributed by atoms with Crippen molar-refractivity contribution in [3.05, 3.63) is 34.9 Å². The summed E-state index contributed by atoms with van der Waals surface area (Å²) in [5.74, 6) is 0.461. The van der Waals surface area contributed by atoms with Gasteiger partial charge in [-0.3, -0.25) is 14.7 Å². The highest BCUT2D eigenvalue weighted by molar-refractivity contribution is 6.30. The number of piperidine rings is 1. The van der Waals surface area contributed by atoms with Crippen molar-refractivity contribution >= 4 is 23.5 Å². The highest BCUT2D eigenvalue weighted by atomic mass is 35.5. The fourth-order valence-electron chi connectivity index (χ4n) is 3.08. The number of nitrogens with one attached hydrogen (secondary N) is 2. The molecule has 26 heavy (non-hydrogen) atoms. The van der Waals surface area contributed by atoms with Gasteiger partial charge in [0.25, 0.3) is 0 Å². The Labute approximate surface area is 159 Å². The molecule has 1 aliphatic rings. The Hall–Kier alpha value is -1.83. The molecule has 144 valence electrons. The zero-order valence-corrected chi connectivity index (χ0v) is 16.1. The monoisotopic (exact) mass is 381 g/mol. The minimum absolute atomic E-state index is 0.121. The van der Waals surface area contributed by atoms with Crippen LogP contribution in [0.3, 0.4) is 0 Å². The lowest BCUT2D eigenvalue weighted by molar-refractivity contribution is -0.119. The lowest BCUT2D eigenvalue weighted by Crippen LogP contribution is -2.50. The molecule has 8 heteroatoms. The van der Waals surface area contributed by atoms with Crippen LogP contribution in [0.25, 0.3) is 0 Å². The van der Waals surface area contributed by atoms with Gasteiger partial charge in [0, 0.05) is 44.9 Å². The molecule has 1 aromatic carbocycles. The number of likely N-dealkylation sites (tertiary alicyclic amines) is 1. The number of methoxy groups -OCH3 is 1. The van der Waals surface area contributed by atoms with Crippen LogP contribution in [-0.2, 0) is 9.53 Å². The number of halogens is 1. The Balaban J connectivity index is 1.81. The molecule has 0 radical (unpaired) electrons. The molecule has 1 aliphatic heterocycles. The molecule has 1 unspecified atom stereocenters. The number of benzene rings is 1. The van der Waals surface area contributed by atoms with Gasteiger partial charge in [-0.25, -0.2) is 0 Å². The summed E-state index contributed by atoms with van der Waals surface area (Å²) in [5.41, 5.74) is 6.27. The second-order valence-electron chi connectivity index (χ2n) is 6.39.